The van der Waals surface area contributed by atoms with Gasteiger partial charge < -0.3 is 10.2 Å². The molecule has 0 fully saturated rings. The van der Waals surface area contributed by atoms with E-state index in [-0.39, 0.29) is 12.1 Å². The maximum atomic E-state index is 11.4. The average Bonchev–Trinajstić information content (AvgIpc) is 2.78. The van der Waals surface area contributed by atoms with Gasteiger partial charge in [0.15, 0.2) is 0 Å². The third-order valence-corrected chi connectivity index (χ3v) is 5.62. The fraction of sp³-hybridized carbons (Fsp3) is 0.400. The lowest BCUT2D eigenvalue weighted by Crippen LogP contribution is -2.30. The summed E-state index contributed by atoms with van der Waals surface area (Å²) in [7, 11) is 0.471. The van der Waals surface area contributed by atoms with Gasteiger partial charge in [0.2, 0.25) is 0 Å². The van der Waals surface area contributed by atoms with Crippen molar-refractivity contribution >= 4 is 20.7 Å². The zero-order valence-corrected chi connectivity index (χ0v) is 12.2. The van der Waals surface area contributed by atoms with Gasteiger partial charge in [-0.25, -0.2) is 0 Å². The SMILES string of the molecule is Cc1cccc([Si][C@H]2CC=C(CO)[C@@H]2C(=O)O)c1C. The van der Waals surface area contributed by atoms with Crippen molar-refractivity contribution in [2.75, 3.05) is 6.61 Å². The van der Waals surface area contributed by atoms with Crippen LogP contribution in [0.2, 0.25) is 5.54 Å². The van der Waals surface area contributed by atoms with E-state index in [1.807, 2.05) is 12.1 Å². The lowest BCUT2D eigenvalue weighted by molar-refractivity contribution is -0.140. The number of carboxylic acid groups (broad SMARTS) is 1. The summed E-state index contributed by atoms with van der Waals surface area (Å²) in [5, 5.41) is 19.8. The van der Waals surface area contributed by atoms with Crippen molar-refractivity contribution in [3.63, 3.8) is 0 Å². The highest BCUT2D eigenvalue weighted by Crippen LogP contribution is 2.36. The van der Waals surface area contributed by atoms with Gasteiger partial charge in [-0.3, -0.25) is 4.79 Å². The van der Waals surface area contributed by atoms with E-state index in [9.17, 15) is 15.0 Å². The van der Waals surface area contributed by atoms with Crippen LogP contribution >= 0.6 is 0 Å². The second-order valence-electron chi connectivity index (χ2n) is 4.99. The third kappa shape index (κ3) is 2.79. The molecule has 0 aliphatic heterocycles. The van der Waals surface area contributed by atoms with E-state index in [2.05, 4.69) is 26.0 Å². The number of aliphatic hydroxyl groups is 1. The number of rotatable bonds is 4. The maximum Gasteiger partial charge on any atom is 0.310 e. The van der Waals surface area contributed by atoms with Crippen LogP contribution in [0.1, 0.15) is 17.5 Å². The number of aliphatic carboxylic acids is 1. The van der Waals surface area contributed by atoms with Crippen molar-refractivity contribution in [3.05, 3.63) is 41.0 Å². The molecule has 0 amide bonds. The minimum Gasteiger partial charge on any atom is -0.481 e. The van der Waals surface area contributed by atoms with Crippen LogP contribution in [0.5, 0.6) is 0 Å². The number of carbonyl (C=O) groups is 1. The predicted octanol–water partition coefficient (Wildman–Crippen LogP) is 1.44. The first-order valence-electron chi connectivity index (χ1n) is 6.40. The summed E-state index contributed by atoms with van der Waals surface area (Å²) in [5.41, 5.74) is 3.24. The van der Waals surface area contributed by atoms with Gasteiger partial charge in [-0.2, -0.15) is 0 Å². The first-order valence-corrected chi connectivity index (χ1v) is 7.47. The van der Waals surface area contributed by atoms with Gasteiger partial charge in [-0.15, -0.1) is 0 Å². The Morgan fingerprint density at radius 2 is 2.16 bits per heavy atom. The molecule has 2 rings (SSSR count). The molecule has 0 spiro atoms. The molecule has 3 nitrogen and oxygen atoms in total. The maximum absolute atomic E-state index is 11.4. The van der Waals surface area contributed by atoms with Crippen LogP contribution in [0.3, 0.4) is 0 Å². The Kier molecular flexibility index (Phi) is 4.22. The van der Waals surface area contributed by atoms with Crippen LogP contribution in [0, 0.1) is 19.8 Å². The Hall–Kier alpha value is -1.39. The molecule has 1 aromatic rings. The molecule has 1 aliphatic rings. The van der Waals surface area contributed by atoms with Gasteiger partial charge in [-0.1, -0.05) is 29.5 Å². The number of benzene rings is 1. The highest BCUT2D eigenvalue weighted by molar-refractivity contribution is 6.56. The third-order valence-electron chi connectivity index (χ3n) is 3.83. The molecular weight excluding hydrogens is 256 g/mol. The number of carboxylic acids is 1. The summed E-state index contributed by atoms with van der Waals surface area (Å²) in [6, 6.07) is 6.18. The van der Waals surface area contributed by atoms with Crippen LogP contribution < -0.4 is 5.19 Å². The van der Waals surface area contributed by atoms with Crippen LogP contribution in [0.15, 0.2) is 29.8 Å². The van der Waals surface area contributed by atoms with Crippen molar-refractivity contribution in [2.24, 2.45) is 5.92 Å². The molecule has 2 atom stereocenters. The molecule has 0 saturated carbocycles. The molecule has 0 heterocycles. The van der Waals surface area contributed by atoms with E-state index < -0.39 is 11.9 Å². The topological polar surface area (TPSA) is 57.5 Å². The molecule has 100 valence electrons. The summed E-state index contributed by atoms with van der Waals surface area (Å²) in [6.45, 7) is 4.01. The summed E-state index contributed by atoms with van der Waals surface area (Å²) in [5.74, 6) is -1.34. The lowest BCUT2D eigenvalue weighted by Gasteiger charge is -2.19. The fourth-order valence-electron chi connectivity index (χ4n) is 2.54. The molecule has 0 saturated heterocycles. The largest absolute Gasteiger partial charge is 0.481 e. The number of allylic oxidation sites excluding steroid dienone is 1. The monoisotopic (exact) mass is 274 g/mol. The molecule has 4 heteroatoms. The lowest BCUT2D eigenvalue weighted by atomic mass is 10.0. The first-order chi connectivity index (χ1) is 9.04. The molecule has 0 unspecified atom stereocenters. The average molecular weight is 274 g/mol. The first kappa shape index (κ1) is 14.0. The van der Waals surface area contributed by atoms with Crippen LogP contribution in [-0.4, -0.2) is 32.3 Å². The van der Waals surface area contributed by atoms with Gasteiger partial charge in [0.05, 0.1) is 22.0 Å². The van der Waals surface area contributed by atoms with Crippen LogP contribution in [0.25, 0.3) is 0 Å². The Bertz CT molecular complexity index is 522. The van der Waals surface area contributed by atoms with E-state index in [1.165, 1.54) is 16.3 Å². The van der Waals surface area contributed by atoms with E-state index >= 15 is 0 Å². The van der Waals surface area contributed by atoms with Crippen molar-refractivity contribution < 1.29 is 15.0 Å². The molecule has 0 bridgehead atoms. The number of hydrogen-bond acceptors (Lipinski definition) is 2. The van der Waals surface area contributed by atoms with Gasteiger partial charge in [0.25, 0.3) is 0 Å². The van der Waals surface area contributed by atoms with E-state index in [0.29, 0.717) is 15.1 Å². The molecule has 2 radical (unpaired) electrons. The van der Waals surface area contributed by atoms with E-state index in [1.54, 1.807) is 0 Å². The molecule has 2 N–H and O–H groups in total. The molecular formula is C15H18O3Si. The minimum absolute atomic E-state index is 0.0835. The van der Waals surface area contributed by atoms with Crippen LogP contribution in [0.4, 0.5) is 0 Å². The van der Waals surface area contributed by atoms with Gasteiger partial charge in [0.1, 0.15) is 0 Å². The quantitative estimate of drug-likeness (QED) is 0.645. The molecule has 1 aliphatic carbocycles. The Balaban J connectivity index is 2.20. The Labute approximate surface area is 115 Å². The molecule has 0 aromatic heterocycles. The number of aryl methyl sites for hydroxylation is 1. The number of hydrogen-bond donors (Lipinski definition) is 2. The van der Waals surface area contributed by atoms with Gasteiger partial charge in [-0.05, 0) is 42.5 Å². The zero-order chi connectivity index (χ0) is 14.0. The molecule has 19 heavy (non-hydrogen) atoms. The minimum atomic E-state index is -0.819. The highest BCUT2D eigenvalue weighted by Gasteiger charge is 2.35. The smallest absolute Gasteiger partial charge is 0.310 e. The van der Waals surface area contributed by atoms with E-state index in [0.717, 1.165) is 6.42 Å². The highest BCUT2D eigenvalue weighted by atomic mass is 28.2. The summed E-state index contributed by atoms with van der Waals surface area (Å²) in [6.07, 6.45) is 2.64. The van der Waals surface area contributed by atoms with Crippen molar-refractivity contribution in [3.8, 4) is 0 Å². The van der Waals surface area contributed by atoms with Gasteiger partial charge >= 0.3 is 5.97 Å². The van der Waals surface area contributed by atoms with Crippen LogP contribution in [-0.2, 0) is 4.79 Å². The second kappa shape index (κ2) is 5.71. The number of aliphatic hydroxyl groups excluding tert-OH is 1. The second-order valence-corrected chi connectivity index (χ2v) is 6.56. The fourth-order valence-corrected chi connectivity index (χ4v) is 4.31. The summed E-state index contributed by atoms with van der Waals surface area (Å²) < 4.78 is 0. The molecule has 1 aromatic carbocycles. The van der Waals surface area contributed by atoms with Crippen molar-refractivity contribution in [1.29, 1.82) is 0 Å². The Morgan fingerprint density at radius 3 is 2.79 bits per heavy atom. The summed E-state index contributed by atoms with van der Waals surface area (Å²) in [4.78, 5) is 11.4. The van der Waals surface area contributed by atoms with E-state index in [4.69, 9.17) is 0 Å². The Morgan fingerprint density at radius 1 is 1.42 bits per heavy atom. The normalized spacial score (nSPS) is 22.4. The van der Waals surface area contributed by atoms with Crippen molar-refractivity contribution in [2.45, 2.75) is 25.8 Å². The van der Waals surface area contributed by atoms with Crippen molar-refractivity contribution in [1.82, 2.24) is 0 Å². The summed E-state index contributed by atoms with van der Waals surface area (Å²) >= 11 is 0. The predicted molar refractivity (Wildman–Crippen MR) is 76.0 cm³/mol. The van der Waals surface area contributed by atoms with Gasteiger partial charge in [0, 0.05) is 0 Å². The standard InChI is InChI=1S/C15H18O3Si/c1-9-4-3-5-12(10(9)2)19-13-7-6-11(8-16)14(13)15(17)18/h3-6,13-14,16H,7-8H2,1-2H3,(H,17,18)/t13-,14-/m0/s1. The zero-order valence-electron chi connectivity index (χ0n) is 11.2.